The van der Waals surface area contributed by atoms with Gasteiger partial charge in [0.2, 0.25) is 5.91 Å². The molecule has 4 nitrogen and oxygen atoms in total. The van der Waals surface area contributed by atoms with Gasteiger partial charge < -0.3 is 10.2 Å². The van der Waals surface area contributed by atoms with Crippen LogP contribution < -0.4 is 5.32 Å². The summed E-state index contributed by atoms with van der Waals surface area (Å²) in [5.74, 6) is 0.184. The quantitative estimate of drug-likeness (QED) is 0.899. The van der Waals surface area contributed by atoms with Gasteiger partial charge in [-0.05, 0) is 30.5 Å². The van der Waals surface area contributed by atoms with Crippen molar-refractivity contribution in [2.24, 2.45) is 0 Å². The summed E-state index contributed by atoms with van der Waals surface area (Å²) in [5, 5.41) is 3.33. The molecule has 0 radical (unpaired) electrons. The highest BCUT2D eigenvalue weighted by Gasteiger charge is 2.30. The summed E-state index contributed by atoms with van der Waals surface area (Å²) in [7, 11) is 3.66. The molecule has 0 aromatic heterocycles. The third-order valence-corrected chi connectivity index (χ3v) is 4.09. The molecule has 1 fully saturated rings. The Hall–Kier alpha value is -1.39. The molecular formula is C16H25N3O. The van der Waals surface area contributed by atoms with E-state index in [4.69, 9.17) is 0 Å². The van der Waals surface area contributed by atoms with Crippen molar-refractivity contribution in [2.75, 3.05) is 33.7 Å². The fraction of sp³-hybridized carbons (Fsp3) is 0.562. The Labute approximate surface area is 121 Å². The van der Waals surface area contributed by atoms with Crippen LogP contribution in [-0.2, 0) is 11.3 Å². The number of nitrogens with one attached hydrogen (secondary N) is 1. The molecule has 0 aliphatic carbocycles. The van der Waals surface area contributed by atoms with Gasteiger partial charge in [0, 0.05) is 40.3 Å². The zero-order valence-corrected chi connectivity index (χ0v) is 12.9. The van der Waals surface area contributed by atoms with Crippen LogP contribution in [0.15, 0.2) is 18.2 Å². The number of hydrogen-bond acceptors (Lipinski definition) is 3. The van der Waals surface area contributed by atoms with E-state index in [2.05, 4.69) is 42.3 Å². The van der Waals surface area contributed by atoms with Crippen molar-refractivity contribution >= 4 is 5.91 Å². The van der Waals surface area contributed by atoms with E-state index in [-0.39, 0.29) is 11.9 Å². The van der Waals surface area contributed by atoms with Gasteiger partial charge in [0.15, 0.2) is 0 Å². The summed E-state index contributed by atoms with van der Waals surface area (Å²) in [6.07, 6.45) is 0. The molecule has 1 amide bonds. The first-order valence-electron chi connectivity index (χ1n) is 7.21. The van der Waals surface area contributed by atoms with Gasteiger partial charge in [-0.2, -0.15) is 0 Å². The van der Waals surface area contributed by atoms with Crippen LogP contribution in [0.25, 0.3) is 0 Å². The van der Waals surface area contributed by atoms with Gasteiger partial charge in [0.05, 0.1) is 0 Å². The summed E-state index contributed by atoms with van der Waals surface area (Å²) < 4.78 is 0. The van der Waals surface area contributed by atoms with Gasteiger partial charge in [-0.25, -0.2) is 0 Å². The highest BCUT2D eigenvalue weighted by atomic mass is 16.2. The lowest BCUT2D eigenvalue weighted by molar-refractivity contribution is -0.135. The highest BCUT2D eigenvalue weighted by Crippen LogP contribution is 2.18. The van der Waals surface area contributed by atoms with Gasteiger partial charge in [0.25, 0.3) is 0 Å². The fourth-order valence-electron chi connectivity index (χ4n) is 2.78. The minimum atomic E-state index is -0.0576. The number of rotatable bonds is 3. The molecule has 0 saturated carbocycles. The van der Waals surface area contributed by atoms with E-state index in [9.17, 15) is 4.79 Å². The van der Waals surface area contributed by atoms with Gasteiger partial charge in [-0.15, -0.1) is 0 Å². The van der Waals surface area contributed by atoms with E-state index in [1.807, 2.05) is 14.1 Å². The third kappa shape index (κ3) is 3.19. The van der Waals surface area contributed by atoms with E-state index >= 15 is 0 Å². The molecule has 1 aromatic carbocycles. The smallest absolute Gasteiger partial charge is 0.240 e. The molecule has 20 heavy (non-hydrogen) atoms. The van der Waals surface area contributed by atoms with E-state index in [0.29, 0.717) is 0 Å². The summed E-state index contributed by atoms with van der Waals surface area (Å²) in [5.41, 5.74) is 3.96. The minimum absolute atomic E-state index is 0.0576. The van der Waals surface area contributed by atoms with Crippen LogP contribution in [0.2, 0.25) is 0 Å². The van der Waals surface area contributed by atoms with Gasteiger partial charge in [-0.3, -0.25) is 9.69 Å². The molecular weight excluding hydrogens is 250 g/mol. The molecule has 1 aliphatic rings. The average molecular weight is 275 g/mol. The van der Waals surface area contributed by atoms with Crippen LogP contribution in [0, 0.1) is 13.8 Å². The first-order chi connectivity index (χ1) is 9.50. The molecule has 1 aliphatic heterocycles. The van der Waals surface area contributed by atoms with Crippen molar-refractivity contribution in [3.63, 3.8) is 0 Å². The molecule has 0 spiro atoms. The maximum Gasteiger partial charge on any atom is 0.240 e. The minimum Gasteiger partial charge on any atom is -0.347 e. The number of hydrogen-bond donors (Lipinski definition) is 1. The number of carbonyl (C=O) groups excluding carboxylic acids is 1. The van der Waals surface area contributed by atoms with Crippen molar-refractivity contribution in [1.82, 2.24) is 15.1 Å². The Morgan fingerprint density at radius 2 is 2.00 bits per heavy atom. The number of carbonyl (C=O) groups is 1. The van der Waals surface area contributed by atoms with Crippen LogP contribution in [-0.4, -0.2) is 55.5 Å². The van der Waals surface area contributed by atoms with Gasteiger partial charge >= 0.3 is 0 Å². The maximum absolute atomic E-state index is 12.3. The third-order valence-electron chi connectivity index (χ3n) is 4.09. The number of piperazine rings is 1. The van der Waals surface area contributed by atoms with E-state index < -0.39 is 0 Å². The normalized spacial score (nSPS) is 19.9. The van der Waals surface area contributed by atoms with Crippen molar-refractivity contribution in [3.05, 3.63) is 34.9 Å². The maximum atomic E-state index is 12.3. The Bertz CT molecular complexity index is 464. The monoisotopic (exact) mass is 275 g/mol. The molecule has 1 unspecified atom stereocenters. The Morgan fingerprint density at radius 1 is 1.35 bits per heavy atom. The molecule has 1 saturated heterocycles. The van der Waals surface area contributed by atoms with Gasteiger partial charge in [0.1, 0.15) is 6.04 Å². The number of amides is 1. The SMILES string of the molecule is Cc1cccc(C)c1CN1CCNCC1C(=O)N(C)C. The summed E-state index contributed by atoms with van der Waals surface area (Å²) in [4.78, 5) is 16.3. The largest absolute Gasteiger partial charge is 0.347 e. The van der Waals surface area contributed by atoms with E-state index in [0.717, 1.165) is 26.2 Å². The predicted molar refractivity (Wildman–Crippen MR) is 81.7 cm³/mol. The van der Waals surface area contributed by atoms with E-state index in [1.165, 1.54) is 16.7 Å². The Balaban J connectivity index is 2.19. The average Bonchev–Trinajstić information content (AvgIpc) is 2.42. The van der Waals surface area contributed by atoms with Crippen molar-refractivity contribution in [2.45, 2.75) is 26.4 Å². The molecule has 4 heteroatoms. The molecule has 0 bridgehead atoms. The lowest BCUT2D eigenvalue weighted by Gasteiger charge is -2.37. The predicted octanol–water partition coefficient (Wildman–Crippen LogP) is 1.17. The van der Waals surface area contributed by atoms with Crippen LogP contribution in [0.1, 0.15) is 16.7 Å². The number of likely N-dealkylation sites (N-methyl/N-ethyl adjacent to an activating group) is 1. The topological polar surface area (TPSA) is 35.6 Å². The number of nitrogens with zero attached hydrogens (tertiary/aromatic N) is 2. The zero-order chi connectivity index (χ0) is 14.7. The number of benzene rings is 1. The lowest BCUT2D eigenvalue weighted by atomic mass is 10.0. The van der Waals surface area contributed by atoms with Crippen molar-refractivity contribution in [3.8, 4) is 0 Å². The fourth-order valence-corrected chi connectivity index (χ4v) is 2.78. The number of aryl methyl sites for hydroxylation is 2. The summed E-state index contributed by atoms with van der Waals surface area (Å²) in [6, 6.07) is 6.33. The lowest BCUT2D eigenvalue weighted by Crippen LogP contribution is -2.57. The molecule has 2 rings (SSSR count). The van der Waals surface area contributed by atoms with E-state index in [1.54, 1.807) is 4.90 Å². The van der Waals surface area contributed by atoms with Crippen LogP contribution in [0.5, 0.6) is 0 Å². The second-order valence-electron chi connectivity index (χ2n) is 5.79. The summed E-state index contributed by atoms with van der Waals surface area (Å²) in [6.45, 7) is 7.74. The first kappa shape index (κ1) is 15.0. The Morgan fingerprint density at radius 3 is 2.60 bits per heavy atom. The molecule has 1 N–H and O–H groups in total. The second-order valence-corrected chi connectivity index (χ2v) is 5.79. The highest BCUT2D eigenvalue weighted by molar-refractivity contribution is 5.81. The van der Waals surface area contributed by atoms with Crippen LogP contribution >= 0.6 is 0 Å². The first-order valence-corrected chi connectivity index (χ1v) is 7.21. The van der Waals surface area contributed by atoms with Crippen molar-refractivity contribution < 1.29 is 4.79 Å². The van der Waals surface area contributed by atoms with Crippen LogP contribution in [0.3, 0.4) is 0 Å². The van der Waals surface area contributed by atoms with Crippen LogP contribution in [0.4, 0.5) is 0 Å². The zero-order valence-electron chi connectivity index (χ0n) is 12.9. The Kier molecular flexibility index (Phi) is 4.78. The molecule has 1 aromatic rings. The van der Waals surface area contributed by atoms with Crippen molar-refractivity contribution in [1.29, 1.82) is 0 Å². The molecule has 1 heterocycles. The standard InChI is InChI=1S/C16H25N3O/c1-12-6-5-7-13(2)14(12)11-19-9-8-17-10-15(19)16(20)18(3)4/h5-7,15,17H,8-11H2,1-4H3. The second kappa shape index (κ2) is 6.37. The molecule has 110 valence electrons. The van der Waals surface area contributed by atoms with Gasteiger partial charge in [-0.1, -0.05) is 18.2 Å². The summed E-state index contributed by atoms with van der Waals surface area (Å²) >= 11 is 0. The molecule has 1 atom stereocenters.